The van der Waals surface area contributed by atoms with Crippen LogP contribution in [0.2, 0.25) is 5.02 Å². The smallest absolute Gasteiger partial charge is 0.382 e. The Morgan fingerprint density at radius 1 is 1.28 bits per heavy atom. The van der Waals surface area contributed by atoms with Crippen molar-refractivity contribution in [2.45, 2.75) is 17.2 Å². The first-order chi connectivity index (χ1) is 8.13. The first-order valence-electron chi connectivity index (χ1n) is 4.63. The SMILES string of the molecule is O=S(=O)(NCC(O)C(F)(F)F)c1ccc(Cl)cc1. The number of aliphatic hydroxyl groups is 1. The van der Waals surface area contributed by atoms with Gasteiger partial charge >= 0.3 is 6.18 Å². The average molecular weight is 304 g/mol. The molecule has 0 radical (unpaired) electrons. The number of sulfonamides is 1. The molecule has 2 N–H and O–H groups in total. The van der Waals surface area contributed by atoms with E-state index in [2.05, 4.69) is 0 Å². The summed E-state index contributed by atoms with van der Waals surface area (Å²) in [6.45, 7) is -1.14. The summed E-state index contributed by atoms with van der Waals surface area (Å²) >= 11 is 5.55. The monoisotopic (exact) mass is 303 g/mol. The summed E-state index contributed by atoms with van der Waals surface area (Å²) in [4.78, 5) is -0.235. The van der Waals surface area contributed by atoms with Crippen molar-refractivity contribution < 1.29 is 26.7 Å². The fourth-order valence-corrected chi connectivity index (χ4v) is 2.17. The van der Waals surface area contributed by atoms with Gasteiger partial charge in [-0.1, -0.05) is 11.6 Å². The average Bonchev–Trinajstić information content (AvgIpc) is 2.25. The molecule has 1 aromatic carbocycles. The molecule has 0 aliphatic heterocycles. The van der Waals surface area contributed by atoms with E-state index in [0.29, 0.717) is 5.02 Å². The van der Waals surface area contributed by atoms with Gasteiger partial charge in [0, 0.05) is 11.6 Å². The van der Waals surface area contributed by atoms with E-state index in [4.69, 9.17) is 16.7 Å². The number of rotatable bonds is 4. The molecule has 4 nitrogen and oxygen atoms in total. The number of alkyl halides is 3. The van der Waals surface area contributed by atoms with Gasteiger partial charge in [0.1, 0.15) is 0 Å². The van der Waals surface area contributed by atoms with Crippen molar-refractivity contribution in [3.63, 3.8) is 0 Å². The van der Waals surface area contributed by atoms with Gasteiger partial charge in [0.05, 0.1) is 4.90 Å². The molecule has 0 aliphatic rings. The van der Waals surface area contributed by atoms with Crippen LogP contribution in [0.3, 0.4) is 0 Å². The van der Waals surface area contributed by atoms with E-state index < -0.39 is 28.8 Å². The van der Waals surface area contributed by atoms with Crippen molar-refractivity contribution in [3.05, 3.63) is 29.3 Å². The van der Waals surface area contributed by atoms with Gasteiger partial charge < -0.3 is 5.11 Å². The zero-order valence-corrected chi connectivity index (χ0v) is 10.4. The number of halogens is 4. The van der Waals surface area contributed by atoms with Crippen LogP contribution in [-0.2, 0) is 10.0 Å². The number of hydrogen-bond donors (Lipinski definition) is 2. The van der Waals surface area contributed by atoms with Gasteiger partial charge in [0.2, 0.25) is 10.0 Å². The molecule has 1 atom stereocenters. The predicted octanol–water partition coefficient (Wildman–Crippen LogP) is 1.54. The molecule has 1 aromatic rings. The molecule has 18 heavy (non-hydrogen) atoms. The van der Waals surface area contributed by atoms with Crippen LogP contribution < -0.4 is 4.72 Å². The maximum Gasteiger partial charge on any atom is 0.415 e. The maximum atomic E-state index is 12.0. The molecule has 1 rings (SSSR count). The van der Waals surface area contributed by atoms with E-state index >= 15 is 0 Å². The highest BCUT2D eigenvalue weighted by atomic mass is 35.5. The molecule has 0 saturated heterocycles. The third kappa shape index (κ3) is 4.13. The molecule has 0 fully saturated rings. The first kappa shape index (κ1) is 15.2. The van der Waals surface area contributed by atoms with Crippen molar-refractivity contribution in [1.82, 2.24) is 4.72 Å². The van der Waals surface area contributed by atoms with Gasteiger partial charge in [-0.25, -0.2) is 13.1 Å². The molecule has 102 valence electrons. The normalized spacial score (nSPS) is 14.5. The minimum absolute atomic E-state index is 0.235. The second-order valence-corrected chi connectivity index (χ2v) is 5.57. The molecular formula is C9H9ClF3NO3S. The fourth-order valence-electron chi connectivity index (χ4n) is 1.00. The van der Waals surface area contributed by atoms with Crippen molar-refractivity contribution in [1.29, 1.82) is 0 Å². The molecule has 9 heteroatoms. The van der Waals surface area contributed by atoms with Crippen LogP contribution in [0.4, 0.5) is 13.2 Å². The quantitative estimate of drug-likeness (QED) is 0.887. The third-order valence-electron chi connectivity index (χ3n) is 1.97. The second-order valence-electron chi connectivity index (χ2n) is 3.36. The molecule has 0 saturated carbocycles. The molecule has 0 amide bonds. The Hall–Kier alpha value is -0.830. The lowest BCUT2D eigenvalue weighted by molar-refractivity contribution is -0.200. The number of benzene rings is 1. The van der Waals surface area contributed by atoms with Crippen molar-refractivity contribution in [2.75, 3.05) is 6.54 Å². The van der Waals surface area contributed by atoms with Gasteiger partial charge in [-0.2, -0.15) is 13.2 Å². The predicted molar refractivity (Wildman–Crippen MR) is 58.7 cm³/mol. The lowest BCUT2D eigenvalue weighted by Gasteiger charge is -2.15. The van der Waals surface area contributed by atoms with Crippen LogP contribution in [-0.4, -0.2) is 32.3 Å². The lowest BCUT2D eigenvalue weighted by atomic mass is 10.4. The van der Waals surface area contributed by atoms with E-state index in [-0.39, 0.29) is 4.90 Å². The zero-order chi connectivity index (χ0) is 14.0. The largest absolute Gasteiger partial charge is 0.415 e. The van der Waals surface area contributed by atoms with Gasteiger partial charge in [-0.3, -0.25) is 0 Å². The standard InChI is InChI=1S/C9H9ClF3NO3S/c10-6-1-3-7(4-2-6)18(16,17)14-5-8(15)9(11,12)13/h1-4,8,14-15H,5H2. The summed E-state index contributed by atoms with van der Waals surface area (Å²) in [5.74, 6) is 0. The van der Waals surface area contributed by atoms with Gasteiger partial charge in [0.25, 0.3) is 0 Å². The summed E-state index contributed by atoms with van der Waals surface area (Å²) in [6.07, 6.45) is -7.62. The number of hydrogen-bond acceptors (Lipinski definition) is 3. The van der Waals surface area contributed by atoms with Gasteiger partial charge in [-0.15, -0.1) is 0 Å². The maximum absolute atomic E-state index is 12.0. The van der Waals surface area contributed by atoms with Crippen LogP contribution in [0, 0.1) is 0 Å². The Morgan fingerprint density at radius 3 is 2.22 bits per heavy atom. The Labute approximate surface area is 106 Å². The van der Waals surface area contributed by atoms with Crippen molar-refractivity contribution in [3.8, 4) is 0 Å². The Bertz CT molecular complexity index is 501. The summed E-state index contributed by atoms with van der Waals surface area (Å²) in [7, 11) is -4.10. The van der Waals surface area contributed by atoms with Crippen LogP contribution in [0.25, 0.3) is 0 Å². The number of aliphatic hydroxyl groups excluding tert-OH is 1. The van der Waals surface area contributed by atoms with E-state index in [1.807, 2.05) is 0 Å². The molecule has 0 bridgehead atoms. The Kier molecular flexibility index (Phi) is 4.60. The highest BCUT2D eigenvalue weighted by Gasteiger charge is 2.38. The molecular weight excluding hydrogens is 295 g/mol. The van der Waals surface area contributed by atoms with Crippen LogP contribution >= 0.6 is 11.6 Å². The third-order valence-corrected chi connectivity index (χ3v) is 3.66. The topological polar surface area (TPSA) is 66.4 Å². The second kappa shape index (κ2) is 5.43. The highest BCUT2D eigenvalue weighted by Crippen LogP contribution is 2.20. The van der Waals surface area contributed by atoms with Gasteiger partial charge in [-0.05, 0) is 24.3 Å². The lowest BCUT2D eigenvalue weighted by Crippen LogP contribution is -2.40. The molecule has 0 aliphatic carbocycles. The van der Waals surface area contributed by atoms with E-state index in [0.717, 1.165) is 12.1 Å². The Balaban J connectivity index is 2.75. The molecule has 0 aromatic heterocycles. The molecule has 0 heterocycles. The first-order valence-corrected chi connectivity index (χ1v) is 6.49. The molecule has 1 unspecified atom stereocenters. The van der Waals surface area contributed by atoms with E-state index in [9.17, 15) is 21.6 Å². The summed E-state index contributed by atoms with van der Waals surface area (Å²) in [5.41, 5.74) is 0. The number of nitrogens with one attached hydrogen (secondary N) is 1. The summed E-state index contributed by atoms with van der Waals surface area (Å²) in [6, 6.07) is 4.86. The van der Waals surface area contributed by atoms with E-state index in [1.54, 1.807) is 4.72 Å². The molecule has 0 spiro atoms. The zero-order valence-electron chi connectivity index (χ0n) is 8.78. The Morgan fingerprint density at radius 2 is 1.78 bits per heavy atom. The minimum atomic E-state index is -4.87. The summed E-state index contributed by atoms with van der Waals surface area (Å²) in [5, 5.41) is 8.96. The van der Waals surface area contributed by atoms with Crippen LogP contribution in [0.5, 0.6) is 0 Å². The fraction of sp³-hybridized carbons (Fsp3) is 0.333. The van der Waals surface area contributed by atoms with Crippen LogP contribution in [0.1, 0.15) is 0 Å². The minimum Gasteiger partial charge on any atom is -0.382 e. The van der Waals surface area contributed by atoms with E-state index in [1.165, 1.54) is 12.1 Å². The van der Waals surface area contributed by atoms with Crippen LogP contribution in [0.15, 0.2) is 29.2 Å². The van der Waals surface area contributed by atoms with Gasteiger partial charge in [0.15, 0.2) is 6.10 Å². The van der Waals surface area contributed by atoms with Crippen molar-refractivity contribution in [2.24, 2.45) is 0 Å². The van der Waals surface area contributed by atoms with Crippen molar-refractivity contribution >= 4 is 21.6 Å². The summed E-state index contributed by atoms with van der Waals surface area (Å²) < 4.78 is 60.7. The highest BCUT2D eigenvalue weighted by molar-refractivity contribution is 7.89.